The molecule has 34 heavy (non-hydrogen) atoms. The van der Waals surface area contributed by atoms with Crippen LogP contribution in [0.3, 0.4) is 0 Å². The van der Waals surface area contributed by atoms with Crippen LogP contribution in [-0.2, 0) is 22.4 Å². The van der Waals surface area contributed by atoms with Gasteiger partial charge in [0.05, 0.1) is 12.2 Å². The Morgan fingerprint density at radius 2 is 1.79 bits per heavy atom. The first kappa shape index (κ1) is 25.9. The van der Waals surface area contributed by atoms with Crippen molar-refractivity contribution < 1.29 is 34.8 Å². The number of nitrogens with two attached hydrogens (primary N) is 1. The number of ketones is 2. The quantitative estimate of drug-likeness (QED) is 0.345. The van der Waals surface area contributed by atoms with Crippen LogP contribution >= 0.6 is 0 Å². The second-order valence-electron chi connectivity index (χ2n) is 9.75. The highest BCUT2D eigenvalue weighted by molar-refractivity contribution is 6.20. The van der Waals surface area contributed by atoms with Gasteiger partial charge < -0.3 is 26.2 Å². The summed E-state index contributed by atoms with van der Waals surface area (Å²) in [4.78, 5) is 37.1. The number of aliphatic hydroxyl groups excluding tert-OH is 2. The molecule has 0 heterocycles. The van der Waals surface area contributed by atoms with Gasteiger partial charge in [-0.1, -0.05) is 32.8 Å². The van der Waals surface area contributed by atoms with E-state index >= 15 is 0 Å². The molecule has 0 fully saturated rings. The minimum Gasteiger partial charge on any atom is -0.508 e. The van der Waals surface area contributed by atoms with Gasteiger partial charge in [0.25, 0.3) is 5.91 Å². The number of aliphatic hydroxyl groups is 3. The summed E-state index contributed by atoms with van der Waals surface area (Å²) in [7, 11) is 0. The lowest BCUT2D eigenvalue weighted by Crippen LogP contribution is -2.51. The van der Waals surface area contributed by atoms with Gasteiger partial charge in [-0.15, -0.1) is 0 Å². The molecule has 186 valence electrons. The van der Waals surface area contributed by atoms with Crippen LogP contribution in [-0.4, -0.2) is 50.1 Å². The molecule has 2 aliphatic rings. The van der Waals surface area contributed by atoms with Crippen LogP contribution in [0, 0.1) is 17.8 Å². The second kappa shape index (κ2) is 10.3. The predicted molar refractivity (Wildman–Crippen MR) is 125 cm³/mol. The SMILES string of the molecule is CCC(CC)CCc1ccc(O)c2c1C[C@@H](C[C@H]1CC(=O)C(C(N)=O)=C(O)[C@@]1(O)CO)CC2=O. The number of benzene rings is 1. The number of aryl methyl sites for hydroxylation is 1. The third-order valence-electron chi connectivity index (χ3n) is 7.75. The van der Waals surface area contributed by atoms with Gasteiger partial charge in [0.1, 0.15) is 22.7 Å². The third kappa shape index (κ3) is 4.74. The van der Waals surface area contributed by atoms with E-state index in [1.54, 1.807) is 6.07 Å². The number of phenolic OH excluding ortho intramolecular Hbond substituents is 1. The first-order chi connectivity index (χ1) is 16.1. The molecule has 1 amide bonds. The van der Waals surface area contributed by atoms with Crippen molar-refractivity contribution in [3.05, 3.63) is 40.2 Å². The monoisotopic (exact) mass is 473 g/mol. The Bertz CT molecular complexity index is 1010. The van der Waals surface area contributed by atoms with Crippen molar-refractivity contribution in [1.29, 1.82) is 0 Å². The molecule has 0 aromatic heterocycles. The fourth-order valence-corrected chi connectivity index (χ4v) is 5.58. The Balaban J connectivity index is 1.89. The van der Waals surface area contributed by atoms with E-state index in [9.17, 15) is 34.8 Å². The third-order valence-corrected chi connectivity index (χ3v) is 7.75. The molecule has 0 radical (unpaired) electrons. The van der Waals surface area contributed by atoms with E-state index in [-0.39, 0.29) is 36.7 Å². The molecule has 0 spiro atoms. The van der Waals surface area contributed by atoms with Gasteiger partial charge in [-0.2, -0.15) is 0 Å². The molecule has 0 saturated heterocycles. The zero-order chi connectivity index (χ0) is 25.2. The summed E-state index contributed by atoms with van der Waals surface area (Å²) in [6.45, 7) is 3.41. The number of aromatic hydroxyl groups is 1. The number of Topliss-reactive ketones (excluding diaryl/α,β-unsaturated/α-hetero) is 2. The fraction of sp³-hybridized carbons (Fsp3) is 0.577. The van der Waals surface area contributed by atoms with Crippen molar-refractivity contribution in [1.82, 2.24) is 0 Å². The number of fused-ring (bicyclic) bond motifs is 1. The summed E-state index contributed by atoms with van der Waals surface area (Å²) in [5.74, 6) is -3.61. The average molecular weight is 474 g/mol. The first-order valence-electron chi connectivity index (χ1n) is 12.0. The molecule has 3 rings (SSSR count). The number of hydrogen-bond donors (Lipinski definition) is 5. The van der Waals surface area contributed by atoms with E-state index in [0.29, 0.717) is 17.9 Å². The van der Waals surface area contributed by atoms with Gasteiger partial charge in [-0.3, -0.25) is 14.4 Å². The van der Waals surface area contributed by atoms with E-state index in [1.165, 1.54) is 0 Å². The molecule has 1 aromatic rings. The minimum atomic E-state index is -2.20. The Morgan fingerprint density at radius 1 is 1.12 bits per heavy atom. The van der Waals surface area contributed by atoms with Crippen LogP contribution in [0.1, 0.15) is 73.9 Å². The summed E-state index contributed by atoms with van der Waals surface area (Å²) in [6.07, 6.45) is 4.35. The fourth-order valence-electron chi connectivity index (χ4n) is 5.58. The lowest BCUT2D eigenvalue weighted by atomic mass is 9.68. The highest BCUT2D eigenvalue weighted by Gasteiger charge is 2.50. The van der Waals surface area contributed by atoms with Gasteiger partial charge in [0.2, 0.25) is 0 Å². The maximum Gasteiger partial charge on any atom is 0.255 e. The van der Waals surface area contributed by atoms with Crippen molar-refractivity contribution in [2.75, 3.05) is 6.61 Å². The summed E-state index contributed by atoms with van der Waals surface area (Å²) in [5.41, 5.74) is 4.44. The number of hydrogen-bond acceptors (Lipinski definition) is 7. The smallest absolute Gasteiger partial charge is 0.255 e. The molecule has 8 heteroatoms. The van der Waals surface area contributed by atoms with Crippen LogP contribution in [0.4, 0.5) is 0 Å². The zero-order valence-corrected chi connectivity index (χ0v) is 19.8. The van der Waals surface area contributed by atoms with Gasteiger partial charge in [-0.05, 0) is 54.7 Å². The number of amides is 1. The van der Waals surface area contributed by atoms with Crippen molar-refractivity contribution in [2.24, 2.45) is 23.5 Å². The molecule has 0 bridgehead atoms. The van der Waals surface area contributed by atoms with Crippen molar-refractivity contribution in [3.8, 4) is 5.75 Å². The highest BCUT2D eigenvalue weighted by Crippen LogP contribution is 2.43. The number of phenols is 1. The topological polar surface area (TPSA) is 158 Å². The number of primary amides is 1. The molecule has 0 unspecified atom stereocenters. The molecule has 0 aliphatic heterocycles. The highest BCUT2D eigenvalue weighted by atomic mass is 16.4. The summed E-state index contributed by atoms with van der Waals surface area (Å²) in [5, 5.41) is 41.7. The lowest BCUT2D eigenvalue weighted by molar-refractivity contribution is -0.130. The molecule has 6 N–H and O–H groups in total. The molecule has 2 aliphatic carbocycles. The molecule has 0 saturated carbocycles. The standard InChI is InChI=1S/C26H35NO7/c1-3-14(4-2)5-6-16-7-8-19(29)22-18(16)10-15(11-20(22)30)9-17-12-21(31)23(25(27)33)24(32)26(17,34)13-28/h7-8,14-15,17,28-29,32,34H,3-6,9-13H2,1-2H3,(H2,27,33)/t15-,17+,26-/m1/s1. The van der Waals surface area contributed by atoms with E-state index < -0.39 is 41.1 Å². The maximum absolute atomic E-state index is 13.0. The minimum absolute atomic E-state index is 0.0453. The zero-order valence-electron chi connectivity index (χ0n) is 19.8. The molecule has 3 atom stereocenters. The van der Waals surface area contributed by atoms with Gasteiger partial charge in [0.15, 0.2) is 11.6 Å². The molecular weight excluding hydrogens is 438 g/mol. The van der Waals surface area contributed by atoms with E-state index in [1.807, 2.05) is 6.07 Å². The summed E-state index contributed by atoms with van der Waals surface area (Å²) >= 11 is 0. The van der Waals surface area contributed by atoms with E-state index in [2.05, 4.69) is 13.8 Å². The number of rotatable bonds is 9. The van der Waals surface area contributed by atoms with Crippen LogP contribution < -0.4 is 5.73 Å². The maximum atomic E-state index is 13.0. The number of carbonyl (C=O) groups is 3. The predicted octanol–water partition coefficient (Wildman–Crippen LogP) is 2.51. The number of carbonyl (C=O) groups excluding carboxylic acids is 3. The first-order valence-corrected chi connectivity index (χ1v) is 12.0. The normalized spacial score (nSPS) is 25.1. The second-order valence-corrected chi connectivity index (χ2v) is 9.75. The Kier molecular flexibility index (Phi) is 7.83. The van der Waals surface area contributed by atoms with Crippen molar-refractivity contribution in [3.63, 3.8) is 0 Å². The Labute approximate surface area is 199 Å². The van der Waals surface area contributed by atoms with Gasteiger partial charge in [-0.25, -0.2) is 0 Å². The van der Waals surface area contributed by atoms with Crippen molar-refractivity contribution in [2.45, 2.75) is 70.8 Å². The van der Waals surface area contributed by atoms with Crippen LogP contribution in [0.15, 0.2) is 23.5 Å². The lowest BCUT2D eigenvalue weighted by Gasteiger charge is -2.40. The van der Waals surface area contributed by atoms with E-state index in [4.69, 9.17) is 5.73 Å². The van der Waals surface area contributed by atoms with Crippen molar-refractivity contribution >= 4 is 17.5 Å². The molecular formula is C26H35NO7. The van der Waals surface area contributed by atoms with E-state index in [0.717, 1.165) is 36.8 Å². The summed E-state index contributed by atoms with van der Waals surface area (Å²) in [6, 6.07) is 3.42. The average Bonchev–Trinajstić information content (AvgIpc) is 2.78. The van der Waals surface area contributed by atoms with Gasteiger partial charge in [0, 0.05) is 18.8 Å². The Morgan fingerprint density at radius 3 is 2.38 bits per heavy atom. The molecule has 8 nitrogen and oxygen atoms in total. The largest absolute Gasteiger partial charge is 0.508 e. The van der Waals surface area contributed by atoms with Gasteiger partial charge >= 0.3 is 0 Å². The van der Waals surface area contributed by atoms with Crippen LogP contribution in [0.2, 0.25) is 0 Å². The Hall–Kier alpha value is -2.71. The van der Waals surface area contributed by atoms with Crippen LogP contribution in [0.5, 0.6) is 5.75 Å². The van der Waals surface area contributed by atoms with Crippen LogP contribution in [0.25, 0.3) is 0 Å². The summed E-state index contributed by atoms with van der Waals surface area (Å²) < 4.78 is 0. The molecule has 1 aromatic carbocycles.